The molecule has 62 valence electrons. The fourth-order valence-electron chi connectivity index (χ4n) is 2.57. The number of aliphatic hydroxyl groups is 1. The van der Waals surface area contributed by atoms with Crippen LogP contribution >= 0.6 is 0 Å². The van der Waals surface area contributed by atoms with Crippen molar-refractivity contribution in [2.24, 2.45) is 5.41 Å². The van der Waals surface area contributed by atoms with Crippen LogP contribution in [0.1, 0.15) is 38.5 Å². The molecule has 11 heavy (non-hydrogen) atoms. The zero-order valence-corrected chi connectivity index (χ0v) is 6.92. The summed E-state index contributed by atoms with van der Waals surface area (Å²) in [5.41, 5.74) is 0.300. The molecule has 0 radical (unpaired) electrons. The number of hydrogen-bond donors (Lipinski definition) is 1. The molecule has 1 saturated carbocycles. The van der Waals surface area contributed by atoms with Gasteiger partial charge in [0.05, 0.1) is 6.10 Å². The monoisotopic (exact) mass is 152 g/mol. The lowest BCUT2D eigenvalue weighted by atomic mass is 9.74. The van der Waals surface area contributed by atoms with E-state index in [9.17, 15) is 5.11 Å². The predicted molar refractivity (Wildman–Crippen MR) is 45.3 cm³/mol. The summed E-state index contributed by atoms with van der Waals surface area (Å²) in [6.07, 6.45) is 11.5. The Kier molecular flexibility index (Phi) is 1.76. The Morgan fingerprint density at radius 3 is 2.55 bits per heavy atom. The highest BCUT2D eigenvalue weighted by atomic mass is 16.3. The van der Waals surface area contributed by atoms with Crippen LogP contribution in [0.2, 0.25) is 0 Å². The van der Waals surface area contributed by atoms with Gasteiger partial charge in [0.25, 0.3) is 0 Å². The minimum Gasteiger partial charge on any atom is -0.388 e. The van der Waals surface area contributed by atoms with Crippen molar-refractivity contribution < 1.29 is 5.11 Å². The summed E-state index contributed by atoms with van der Waals surface area (Å²) >= 11 is 0. The van der Waals surface area contributed by atoms with Crippen LogP contribution in [0.4, 0.5) is 0 Å². The molecule has 1 unspecified atom stereocenters. The third-order valence-corrected chi connectivity index (χ3v) is 3.35. The fourth-order valence-corrected chi connectivity index (χ4v) is 2.57. The molecule has 0 heterocycles. The molecule has 2 aliphatic carbocycles. The van der Waals surface area contributed by atoms with E-state index in [1.165, 1.54) is 38.5 Å². The van der Waals surface area contributed by atoms with E-state index >= 15 is 0 Å². The maximum Gasteiger partial charge on any atom is 0.0777 e. The molecule has 0 aromatic carbocycles. The second-order valence-electron chi connectivity index (χ2n) is 3.98. The highest BCUT2D eigenvalue weighted by Crippen LogP contribution is 2.46. The zero-order chi connectivity index (χ0) is 7.73. The third-order valence-electron chi connectivity index (χ3n) is 3.35. The molecule has 0 aliphatic heterocycles. The molecule has 0 saturated heterocycles. The number of allylic oxidation sites excluding steroid dienone is 1. The van der Waals surface area contributed by atoms with Crippen molar-refractivity contribution >= 4 is 0 Å². The second-order valence-corrected chi connectivity index (χ2v) is 3.98. The van der Waals surface area contributed by atoms with Crippen molar-refractivity contribution in [2.45, 2.75) is 44.6 Å². The molecule has 1 nitrogen and oxygen atoms in total. The predicted octanol–water partition coefficient (Wildman–Crippen LogP) is 2.26. The van der Waals surface area contributed by atoms with Gasteiger partial charge in [0.15, 0.2) is 0 Å². The molecule has 0 aromatic rings. The summed E-state index contributed by atoms with van der Waals surface area (Å²) in [7, 11) is 0. The molecule has 2 aliphatic rings. The van der Waals surface area contributed by atoms with Crippen molar-refractivity contribution in [1.29, 1.82) is 0 Å². The molecular formula is C10H16O. The standard InChI is InChI=1S/C10H16O/c11-9-5-1-2-6-10(9)7-3-4-8-10/h1,5,9,11H,2-4,6-8H2. The third kappa shape index (κ3) is 1.12. The highest BCUT2D eigenvalue weighted by molar-refractivity contribution is 5.06. The topological polar surface area (TPSA) is 20.2 Å². The Bertz CT molecular complexity index is 166. The van der Waals surface area contributed by atoms with Crippen molar-refractivity contribution in [3.05, 3.63) is 12.2 Å². The molecular weight excluding hydrogens is 136 g/mol. The summed E-state index contributed by atoms with van der Waals surface area (Å²) in [6, 6.07) is 0. The summed E-state index contributed by atoms with van der Waals surface area (Å²) in [6.45, 7) is 0. The van der Waals surface area contributed by atoms with Crippen LogP contribution < -0.4 is 0 Å². The molecule has 0 aromatic heterocycles. The first-order valence-corrected chi connectivity index (χ1v) is 4.68. The van der Waals surface area contributed by atoms with Crippen LogP contribution in [0, 0.1) is 5.41 Å². The second kappa shape index (κ2) is 2.63. The minimum atomic E-state index is -0.140. The fraction of sp³-hybridized carbons (Fsp3) is 0.800. The molecule has 1 spiro atoms. The van der Waals surface area contributed by atoms with E-state index in [0.717, 1.165) is 0 Å². The quantitative estimate of drug-likeness (QED) is 0.528. The molecule has 1 atom stereocenters. The first kappa shape index (κ1) is 7.35. The van der Waals surface area contributed by atoms with E-state index in [0.29, 0.717) is 5.41 Å². The van der Waals surface area contributed by atoms with Gasteiger partial charge in [-0.1, -0.05) is 25.0 Å². The lowest BCUT2D eigenvalue weighted by Gasteiger charge is -2.35. The summed E-state index contributed by atoms with van der Waals surface area (Å²) in [5.74, 6) is 0. The SMILES string of the molecule is OC1C=CCCC12CCCC2. The highest BCUT2D eigenvalue weighted by Gasteiger charge is 2.39. The van der Waals surface area contributed by atoms with Crippen molar-refractivity contribution in [3.63, 3.8) is 0 Å². The number of aliphatic hydroxyl groups excluding tert-OH is 1. The Morgan fingerprint density at radius 2 is 1.91 bits per heavy atom. The lowest BCUT2D eigenvalue weighted by molar-refractivity contribution is 0.0527. The van der Waals surface area contributed by atoms with Crippen LogP contribution in [0.15, 0.2) is 12.2 Å². The minimum absolute atomic E-state index is 0.140. The first-order valence-electron chi connectivity index (χ1n) is 4.68. The average Bonchev–Trinajstić information content (AvgIpc) is 2.46. The molecule has 2 rings (SSSR count). The zero-order valence-electron chi connectivity index (χ0n) is 6.92. The van der Waals surface area contributed by atoms with Crippen LogP contribution in [0.5, 0.6) is 0 Å². The van der Waals surface area contributed by atoms with E-state index in [-0.39, 0.29) is 6.10 Å². The summed E-state index contributed by atoms with van der Waals surface area (Å²) in [5, 5.41) is 9.77. The van der Waals surface area contributed by atoms with E-state index in [1.54, 1.807) is 0 Å². The molecule has 1 heteroatoms. The van der Waals surface area contributed by atoms with E-state index in [2.05, 4.69) is 6.08 Å². The lowest BCUT2D eigenvalue weighted by Crippen LogP contribution is -2.32. The normalized spacial score (nSPS) is 34.8. The van der Waals surface area contributed by atoms with Gasteiger partial charge in [-0.3, -0.25) is 0 Å². The van der Waals surface area contributed by atoms with Gasteiger partial charge >= 0.3 is 0 Å². The number of hydrogen-bond acceptors (Lipinski definition) is 1. The van der Waals surface area contributed by atoms with Gasteiger partial charge in [0.1, 0.15) is 0 Å². The molecule has 1 fully saturated rings. The largest absolute Gasteiger partial charge is 0.388 e. The van der Waals surface area contributed by atoms with Crippen LogP contribution in [-0.4, -0.2) is 11.2 Å². The Hall–Kier alpha value is -0.300. The van der Waals surface area contributed by atoms with Gasteiger partial charge < -0.3 is 5.11 Å². The average molecular weight is 152 g/mol. The van der Waals surface area contributed by atoms with Gasteiger partial charge in [-0.15, -0.1) is 0 Å². The first-order chi connectivity index (χ1) is 5.33. The molecule has 1 N–H and O–H groups in total. The Balaban J connectivity index is 2.16. The Morgan fingerprint density at radius 1 is 1.18 bits per heavy atom. The van der Waals surface area contributed by atoms with E-state index in [4.69, 9.17) is 0 Å². The maximum absolute atomic E-state index is 9.77. The maximum atomic E-state index is 9.77. The van der Waals surface area contributed by atoms with Gasteiger partial charge in [0.2, 0.25) is 0 Å². The van der Waals surface area contributed by atoms with Crippen molar-refractivity contribution in [3.8, 4) is 0 Å². The Labute approximate surface area is 68.1 Å². The van der Waals surface area contributed by atoms with Crippen molar-refractivity contribution in [2.75, 3.05) is 0 Å². The van der Waals surface area contributed by atoms with Gasteiger partial charge in [0, 0.05) is 5.41 Å². The summed E-state index contributed by atoms with van der Waals surface area (Å²) < 4.78 is 0. The van der Waals surface area contributed by atoms with Crippen LogP contribution in [0.3, 0.4) is 0 Å². The van der Waals surface area contributed by atoms with Gasteiger partial charge in [-0.2, -0.15) is 0 Å². The molecule has 0 bridgehead atoms. The molecule has 0 amide bonds. The van der Waals surface area contributed by atoms with Gasteiger partial charge in [-0.05, 0) is 25.7 Å². The smallest absolute Gasteiger partial charge is 0.0777 e. The van der Waals surface area contributed by atoms with Crippen LogP contribution in [-0.2, 0) is 0 Å². The number of rotatable bonds is 0. The van der Waals surface area contributed by atoms with E-state index < -0.39 is 0 Å². The van der Waals surface area contributed by atoms with E-state index in [1.807, 2.05) is 6.08 Å². The van der Waals surface area contributed by atoms with Crippen molar-refractivity contribution in [1.82, 2.24) is 0 Å². The summed E-state index contributed by atoms with van der Waals surface area (Å²) in [4.78, 5) is 0. The van der Waals surface area contributed by atoms with Crippen LogP contribution in [0.25, 0.3) is 0 Å². The van der Waals surface area contributed by atoms with Gasteiger partial charge in [-0.25, -0.2) is 0 Å².